The van der Waals surface area contributed by atoms with Crippen molar-refractivity contribution in [2.45, 2.75) is 33.2 Å². The molecule has 5 nitrogen and oxygen atoms in total. The van der Waals surface area contributed by atoms with Gasteiger partial charge in [-0.25, -0.2) is 4.79 Å². The van der Waals surface area contributed by atoms with Gasteiger partial charge < -0.3 is 19.6 Å². The molecule has 0 unspecified atom stereocenters. The maximum atomic E-state index is 11.4. The van der Waals surface area contributed by atoms with Gasteiger partial charge in [-0.1, -0.05) is 13.8 Å². The molecule has 0 spiro atoms. The Kier molecular flexibility index (Phi) is 6.05. The fourth-order valence-corrected chi connectivity index (χ4v) is 1.99. The predicted molar refractivity (Wildman–Crippen MR) is 71.9 cm³/mol. The highest BCUT2D eigenvalue weighted by Gasteiger charge is 2.25. The van der Waals surface area contributed by atoms with Gasteiger partial charge in [0.1, 0.15) is 0 Å². The minimum atomic E-state index is -0.471. The van der Waals surface area contributed by atoms with Crippen molar-refractivity contribution in [3.8, 4) is 0 Å². The van der Waals surface area contributed by atoms with Crippen LogP contribution in [0.25, 0.3) is 0 Å². The van der Waals surface area contributed by atoms with E-state index in [1.54, 1.807) is 6.07 Å². The Morgan fingerprint density at radius 3 is 2.68 bits per heavy atom. The molecule has 1 aromatic rings. The summed E-state index contributed by atoms with van der Waals surface area (Å²) in [5.74, 6) is -0.237. The van der Waals surface area contributed by atoms with Crippen molar-refractivity contribution < 1.29 is 19.1 Å². The van der Waals surface area contributed by atoms with Crippen LogP contribution in [0.1, 0.15) is 42.8 Å². The van der Waals surface area contributed by atoms with Crippen LogP contribution < -0.4 is 5.32 Å². The van der Waals surface area contributed by atoms with E-state index in [0.717, 1.165) is 18.4 Å². The zero-order valence-corrected chi connectivity index (χ0v) is 11.9. The summed E-state index contributed by atoms with van der Waals surface area (Å²) in [6.07, 6.45) is 3.28. The summed E-state index contributed by atoms with van der Waals surface area (Å²) in [4.78, 5) is 11.4. The van der Waals surface area contributed by atoms with Crippen molar-refractivity contribution in [2.24, 2.45) is 5.41 Å². The van der Waals surface area contributed by atoms with Crippen LogP contribution in [0, 0.1) is 5.41 Å². The summed E-state index contributed by atoms with van der Waals surface area (Å²) >= 11 is 0. The molecule has 0 saturated heterocycles. The van der Waals surface area contributed by atoms with E-state index in [1.165, 1.54) is 13.4 Å². The molecule has 1 rings (SSSR count). The Morgan fingerprint density at radius 2 is 2.16 bits per heavy atom. The second kappa shape index (κ2) is 7.31. The molecule has 0 aliphatic heterocycles. The predicted octanol–water partition coefficient (Wildman–Crippen LogP) is 1.95. The van der Waals surface area contributed by atoms with Crippen LogP contribution in [0.2, 0.25) is 0 Å². The van der Waals surface area contributed by atoms with Crippen LogP contribution in [-0.2, 0) is 11.3 Å². The lowest BCUT2D eigenvalue weighted by Crippen LogP contribution is -2.36. The maximum Gasteiger partial charge on any atom is 0.374 e. The van der Waals surface area contributed by atoms with E-state index < -0.39 is 5.97 Å². The van der Waals surface area contributed by atoms with E-state index in [2.05, 4.69) is 23.9 Å². The largest absolute Gasteiger partial charge is 0.463 e. The summed E-state index contributed by atoms with van der Waals surface area (Å²) in [6, 6.07) is 1.75. The van der Waals surface area contributed by atoms with Crippen molar-refractivity contribution in [3.05, 3.63) is 23.7 Å². The SMILES string of the molecule is CCC(CC)(CO)CNCc1ccoc1C(=O)OC. The number of hydrogen-bond acceptors (Lipinski definition) is 5. The highest BCUT2D eigenvalue weighted by molar-refractivity contribution is 5.87. The molecule has 1 aromatic heterocycles. The minimum Gasteiger partial charge on any atom is -0.463 e. The fraction of sp³-hybridized carbons (Fsp3) is 0.643. The molecule has 0 atom stereocenters. The number of carbonyl (C=O) groups excluding carboxylic acids is 1. The van der Waals surface area contributed by atoms with Gasteiger partial charge >= 0.3 is 5.97 Å². The first-order valence-electron chi connectivity index (χ1n) is 6.58. The number of aliphatic hydroxyl groups excluding tert-OH is 1. The quantitative estimate of drug-likeness (QED) is 0.706. The summed E-state index contributed by atoms with van der Waals surface area (Å²) in [5, 5.41) is 12.8. The second-order valence-corrected chi connectivity index (χ2v) is 4.74. The van der Waals surface area contributed by atoms with Gasteiger partial charge in [-0.05, 0) is 18.9 Å². The highest BCUT2D eigenvalue weighted by Crippen LogP contribution is 2.24. The van der Waals surface area contributed by atoms with Crippen molar-refractivity contribution in [1.82, 2.24) is 5.32 Å². The normalized spacial score (nSPS) is 11.6. The average Bonchev–Trinajstić information content (AvgIpc) is 2.91. The van der Waals surface area contributed by atoms with Gasteiger partial charge in [0.15, 0.2) is 0 Å². The summed E-state index contributed by atoms with van der Waals surface area (Å²) in [5.41, 5.74) is 0.667. The number of aliphatic hydroxyl groups is 1. The second-order valence-electron chi connectivity index (χ2n) is 4.74. The molecule has 5 heteroatoms. The molecule has 0 saturated carbocycles. The van der Waals surface area contributed by atoms with Gasteiger partial charge in [0.05, 0.1) is 13.4 Å². The van der Waals surface area contributed by atoms with Gasteiger partial charge in [0, 0.05) is 30.7 Å². The van der Waals surface area contributed by atoms with Crippen molar-refractivity contribution in [1.29, 1.82) is 0 Å². The van der Waals surface area contributed by atoms with E-state index in [0.29, 0.717) is 13.1 Å². The van der Waals surface area contributed by atoms with E-state index in [9.17, 15) is 9.90 Å². The van der Waals surface area contributed by atoms with Gasteiger partial charge in [0.2, 0.25) is 5.76 Å². The number of furan rings is 1. The molecule has 0 aliphatic rings. The molecule has 1 heterocycles. The third kappa shape index (κ3) is 3.81. The minimum absolute atomic E-state index is 0.102. The standard InChI is InChI=1S/C14H23NO4/c1-4-14(5-2,10-16)9-15-8-11-6-7-19-12(11)13(17)18-3/h6-7,15-16H,4-5,8-10H2,1-3H3. The number of methoxy groups -OCH3 is 1. The Balaban J connectivity index is 2.58. The summed E-state index contributed by atoms with van der Waals surface area (Å²) < 4.78 is 9.76. The van der Waals surface area contributed by atoms with E-state index in [4.69, 9.17) is 4.42 Å². The Bertz CT molecular complexity index is 388. The third-order valence-corrected chi connectivity index (χ3v) is 3.77. The molecule has 2 N–H and O–H groups in total. The first kappa shape index (κ1) is 15.7. The lowest BCUT2D eigenvalue weighted by molar-refractivity contribution is 0.0562. The summed E-state index contributed by atoms with van der Waals surface area (Å²) in [7, 11) is 1.33. The Hall–Kier alpha value is -1.33. The van der Waals surface area contributed by atoms with Crippen LogP contribution in [0.5, 0.6) is 0 Å². The number of esters is 1. The fourth-order valence-electron chi connectivity index (χ4n) is 1.99. The van der Waals surface area contributed by atoms with Gasteiger partial charge in [-0.3, -0.25) is 0 Å². The first-order valence-corrected chi connectivity index (χ1v) is 6.58. The number of nitrogens with one attached hydrogen (secondary N) is 1. The molecule has 108 valence electrons. The van der Waals surface area contributed by atoms with Crippen LogP contribution in [0.4, 0.5) is 0 Å². The van der Waals surface area contributed by atoms with Gasteiger partial charge in [-0.15, -0.1) is 0 Å². The van der Waals surface area contributed by atoms with Crippen LogP contribution in [-0.4, -0.2) is 31.3 Å². The van der Waals surface area contributed by atoms with E-state index >= 15 is 0 Å². The zero-order valence-electron chi connectivity index (χ0n) is 11.9. The van der Waals surface area contributed by atoms with Gasteiger partial charge in [-0.2, -0.15) is 0 Å². The van der Waals surface area contributed by atoms with E-state index in [1.807, 2.05) is 0 Å². The summed E-state index contributed by atoms with van der Waals surface area (Å²) in [6.45, 7) is 5.51. The lowest BCUT2D eigenvalue weighted by atomic mass is 9.83. The molecular formula is C14H23NO4. The molecule has 0 aromatic carbocycles. The topological polar surface area (TPSA) is 71.7 Å². The average molecular weight is 269 g/mol. The van der Waals surface area contributed by atoms with Crippen molar-refractivity contribution in [3.63, 3.8) is 0 Å². The molecule has 0 bridgehead atoms. The first-order chi connectivity index (χ1) is 9.12. The smallest absolute Gasteiger partial charge is 0.374 e. The van der Waals surface area contributed by atoms with Crippen molar-refractivity contribution >= 4 is 5.97 Å². The Morgan fingerprint density at radius 1 is 1.47 bits per heavy atom. The Labute approximate surface area is 113 Å². The highest BCUT2D eigenvalue weighted by atomic mass is 16.5. The van der Waals surface area contributed by atoms with Gasteiger partial charge in [0.25, 0.3) is 0 Å². The van der Waals surface area contributed by atoms with Crippen molar-refractivity contribution in [2.75, 3.05) is 20.3 Å². The molecule has 19 heavy (non-hydrogen) atoms. The molecular weight excluding hydrogens is 246 g/mol. The monoisotopic (exact) mass is 269 g/mol. The molecule has 0 fully saturated rings. The number of rotatable bonds is 8. The van der Waals surface area contributed by atoms with E-state index in [-0.39, 0.29) is 17.8 Å². The number of ether oxygens (including phenoxy) is 1. The van der Waals surface area contributed by atoms with Crippen LogP contribution in [0.3, 0.4) is 0 Å². The number of hydrogen-bond donors (Lipinski definition) is 2. The van der Waals surface area contributed by atoms with Crippen LogP contribution >= 0.6 is 0 Å². The lowest BCUT2D eigenvalue weighted by Gasteiger charge is -2.29. The third-order valence-electron chi connectivity index (χ3n) is 3.77. The molecule has 0 amide bonds. The molecule has 0 aliphatic carbocycles. The maximum absolute atomic E-state index is 11.4. The number of carbonyl (C=O) groups is 1. The molecule has 0 radical (unpaired) electrons. The zero-order chi connectivity index (χ0) is 14.3. The van der Waals surface area contributed by atoms with Crippen LogP contribution in [0.15, 0.2) is 16.7 Å².